The molecule has 0 aromatic heterocycles. The highest BCUT2D eigenvalue weighted by Gasteiger charge is 2.42. The topological polar surface area (TPSA) is 74.2 Å². The van der Waals surface area contributed by atoms with Crippen molar-refractivity contribution in [1.82, 2.24) is 10.2 Å². The lowest BCUT2D eigenvalue weighted by Gasteiger charge is -2.39. The lowest BCUT2D eigenvalue weighted by Crippen LogP contribution is -2.57. The Morgan fingerprint density at radius 2 is 1.81 bits per heavy atom. The van der Waals surface area contributed by atoms with E-state index in [9.17, 15) is 9.59 Å². The number of guanidine groups is 1. The third kappa shape index (κ3) is 4.66. The smallest absolute Gasteiger partial charge is 0.321 e. The van der Waals surface area contributed by atoms with Gasteiger partial charge in [0.05, 0.1) is 6.61 Å². The van der Waals surface area contributed by atoms with Crippen molar-refractivity contribution in [2.45, 2.75) is 13.0 Å². The molecule has 1 fully saturated rings. The average Bonchev–Trinajstić information content (AvgIpc) is 2.79. The molecule has 0 spiro atoms. The van der Waals surface area contributed by atoms with Crippen LogP contribution in [0.3, 0.4) is 0 Å². The van der Waals surface area contributed by atoms with Crippen LogP contribution in [0, 0.1) is 5.92 Å². The van der Waals surface area contributed by atoms with Crippen molar-refractivity contribution in [1.29, 1.82) is 0 Å². The van der Waals surface area contributed by atoms with Gasteiger partial charge in [0.15, 0.2) is 5.92 Å². The van der Waals surface area contributed by atoms with Crippen LogP contribution in [-0.2, 0) is 14.3 Å². The van der Waals surface area contributed by atoms with Crippen molar-refractivity contribution in [2.75, 3.05) is 37.7 Å². The number of nitrogens with zero attached hydrogens (tertiary/aromatic N) is 3. The van der Waals surface area contributed by atoms with Crippen LogP contribution in [0.15, 0.2) is 59.6 Å². The van der Waals surface area contributed by atoms with Gasteiger partial charge in [0.25, 0.3) is 0 Å². The fourth-order valence-corrected chi connectivity index (χ4v) is 4.17. The van der Waals surface area contributed by atoms with Gasteiger partial charge in [-0.05, 0) is 36.8 Å². The van der Waals surface area contributed by atoms with Crippen molar-refractivity contribution in [3.05, 3.63) is 65.2 Å². The molecule has 0 unspecified atom stereocenters. The van der Waals surface area contributed by atoms with Gasteiger partial charge in [-0.3, -0.25) is 14.9 Å². The number of carbonyl (C=O) groups excluding carboxylic acids is 2. The van der Waals surface area contributed by atoms with Crippen molar-refractivity contribution in [2.24, 2.45) is 10.9 Å². The van der Waals surface area contributed by atoms with Crippen LogP contribution >= 0.6 is 11.6 Å². The molecule has 1 N–H and O–H groups in total. The standard InChI is InChI=1S/C23H25ClN4O3/c1-2-31-22(30)19-20(16-7-6-8-17(24)15-16)25-23(26-21(19)29)28-13-11-27(12-14-28)18-9-4-3-5-10-18/h3-10,15,19-20H,2,11-14H2,1H3,(H,25,26,29)/t19-,20-/m0/s1. The number of amides is 1. The maximum Gasteiger partial charge on any atom is 0.321 e. The second-order valence-corrected chi connectivity index (χ2v) is 7.92. The number of esters is 1. The normalized spacial score (nSPS) is 21.4. The number of benzene rings is 2. The van der Waals surface area contributed by atoms with Gasteiger partial charge in [-0.1, -0.05) is 41.9 Å². The van der Waals surface area contributed by atoms with Crippen molar-refractivity contribution < 1.29 is 14.3 Å². The Kier molecular flexibility index (Phi) is 6.42. The summed E-state index contributed by atoms with van der Waals surface area (Å²) in [4.78, 5) is 34.6. The first-order valence-electron chi connectivity index (χ1n) is 10.4. The van der Waals surface area contributed by atoms with E-state index in [1.54, 1.807) is 25.1 Å². The highest BCUT2D eigenvalue weighted by atomic mass is 35.5. The third-order valence-electron chi connectivity index (χ3n) is 5.53. The summed E-state index contributed by atoms with van der Waals surface area (Å²) in [5, 5.41) is 3.36. The minimum Gasteiger partial charge on any atom is -0.465 e. The Bertz CT molecular complexity index is 974. The molecule has 0 saturated carbocycles. The molecule has 2 heterocycles. The molecule has 4 rings (SSSR count). The van der Waals surface area contributed by atoms with E-state index in [0.29, 0.717) is 29.6 Å². The molecular formula is C23H25ClN4O3. The minimum atomic E-state index is -1.05. The maximum absolute atomic E-state index is 13.0. The summed E-state index contributed by atoms with van der Waals surface area (Å²) in [5.41, 5.74) is 1.89. The molecule has 2 aromatic carbocycles. The molecule has 7 nitrogen and oxygen atoms in total. The van der Waals surface area contributed by atoms with Gasteiger partial charge in [-0.15, -0.1) is 0 Å². The van der Waals surface area contributed by atoms with Crippen LogP contribution in [0.5, 0.6) is 0 Å². The zero-order valence-electron chi connectivity index (χ0n) is 17.3. The van der Waals surface area contributed by atoms with E-state index in [4.69, 9.17) is 21.3 Å². The highest BCUT2D eigenvalue weighted by molar-refractivity contribution is 6.30. The number of anilines is 1. The summed E-state index contributed by atoms with van der Waals surface area (Å²) in [6.07, 6.45) is 0. The van der Waals surface area contributed by atoms with E-state index in [1.807, 2.05) is 24.3 Å². The van der Waals surface area contributed by atoms with Crippen LogP contribution in [0.25, 0.3) is 0 Å². The van der Waals surface area contributed by atoms with Gasteiger partial charge >= 0.3 is 5.97 Å². The molecule has 0 bridgehead atoms. The number of hydrogen-bond acceptors (Lipinski definition) is 6. The molecular weight excluding hydrogens is 416 g/mol. The number of rotatable bonds is 4. The van der Waals surface area contributed by atoms with Gasteiger partial charge in [0, 0.05) is 36.9 Å². The molecule has 162 valence electrons. The molecule has 1 amide bonds. The van der Waals surface area contributed by atoms with Crippen LogP contribution in [0.4, 0.5) is 5.69 Å². The van der Waals surface area contributed by atoms with E-state index < -0.39 is 23.8 Å². The van der Waals surface area contributed by atoms with E-state index in [0.717, 1.165) is 13.1 Å². The molecule has 2 aliphatic rings. The number of piperazine rings is 1. The quantitative estimate of drug-likeness (QED) is 0.584. The van der Waals surface area contributed by atoms with E-state index in [1.165, 1.54) is 5.69 Å². The minimum absolute atomic E-state index is 0.197. The zero-order chi connectivity index (χ0) is 21.8. The summed E-state index contributed by atoms with van der Waals surface area (Å²) in [5.74, 6) is -1.54. The average molecular weight is 441 g/mol. The Morgan fingerprint density at radius 1 is 1.10 bits per heavy atom. The first kappa shape index (κ1) is 21.2. The van der Waals surface area contributed by atoms with Gasteiger partial charge in [0.1, 0.15) is 6.04 Å². The SMILES string of the molecule is CCOC(=O)[C@@H]1C(=O)NC(N2CCN(c3ccccc3)CC2)=N[C@H]1c1cccc(Cl)c1. The summed E-state index contributed by atoms with van der Waals surface area (Å²) in [6, 6.07) is 16.7. The first-order chi connectivity index (χ1) is 15.1. The summed E-state index contributed by atoms with van der Waals surface area (Å²) < 4.78 is 5.16. The summed E-state index contributed by atoms with van der Waals surface area (Å²) >= 11 is 6.17. The van der Waals surface area contributed by atoms with Crippen LogP contribution in [0.1, 0.15) is 18.5 Å². The summed E-state index contributed by atoms with van der Waals surface area (Å²) in [7, 11) is 0. The monoisotopic (exact) mass is 440 g/mol. The predicted molar refractivity (Wildman–Crippen MR) is 120 cm³/mol. The van der Waals surface area contributed by atoms with Gasteiger partial charge < -0.3 is 14.5 Å². The Balaban J connectivity index is 1.57. The molecule has 2 aromatic rings. The van der Waals surface area contributed by atoms with Gasteiger partial charge in [0.2, 0.25) is 11.9 Å². The molecule has 1 saturated heterocycles. The number of nitrogens with one attached hydrogen (secondary N) is 1. The fourth-order valence-electron chi connectivity index (χ4n) is 3.97. The first-order valence-corrected chi connectivity index (χ1v) is 10.8. The lowest BCUT2D eigenvalue weighted by atomic mass is 9.91. The maximum atomic E-state index is 13.0. The van der Waals surface area contributed by atoms with Gasteiger partial charge in [-0.2, -0.15) is 0 Å². The third-order valence-corrected chi connectivity index (χ3v) is 5.76. The van der Waals surface area contributed by atoms with Crippen molar-refractivity contribution in [3.63, 3.8) is 0 Å². The van der Waals surface area contributed by atoms with E-state index in [-0.39, 0.29) is 6.61 Å². The number of halogens is 1. The largest absolute Gasteiger partial charge is 0.465 e. The molecule has 31 heavy (non-hydrogen) atoms. The van der Waals surface area contributed by atoms with E-state index in [2.05, 4.69) is 27.2 Å². The Labute approximate surface area is 186 Å². The number of aliphatic imine (C=N–C) groups is 1. The Morgan fingerprint density at radius 3 is 2.48 bits per heavy atom. The highest BCUT2D eigenvalue weighted by Crippen LogP contribution is 2.32. The Hall–Kier alpha value is -3.06. The zero-order valence-corrected chi connectivity index (χ0v) is 18.1. The van der Waals surface area contributed by atoms with Gasteiger partial charge in [-0.25, -0.2) is 4.99 Å². The number of carbonyl (C=O) groups is 2. The molecule has 0 radical (unpaired) electrons. The van der Waals surface area contributed by atoms with Crippen molar-refractivity contribution in [3.8, 4) is 0 Å². The summed E-state index contributed by atoms with van der Waals surface area (Å²) in [6.45, 7) is 4.95. The number of ether oxygens (including phenoxy) is 1. The molecule has 0 aliphatic carbocycles. The van der Waals surface area contributed by atoms with Crippen LogP contribution in [0.2, 0.25) is 5.02 Å². The predicted octanol–water partition coefficient (Wildman–Crippen LogP) is 2.87. The fraction of sp³-hybridized carbons (Fsp3) is 0.348. The number of hydrogen-bond donors (Lipinski definition) is 1. The molecule has 2 aliphatic heterocycles. The molecule has 8 heteroatoms. The lowest BCUT2D eigenvalue weighted by molar-refractivity contribution is -0.153. The molecule has 2 atom stereocenters. The second-order valence-electron chi connectivity index (χ2n) is 7.48. The van der Waals surface area contributed by atoms with Crippen LogP contribution < -0.4 is 10.2 Å². The van der Waals surface area contributed by atoms with Crippen LogP contribution in [-0.4, -0.2) is 55.5 Å². The second kappa shape index (κ2) is 9.39. The van der Waals surface area contributed by atoms with E-state index >= 15 is 0 Å². The number of para-hydroxylation sites is 1. The van der Waals surface area contributed by atoms with Crippen molar-refractivity contribution >= 4 is 35.1 Å².